The molecule has 0 fully saturated rings. The number of aryl methyl sites for hydroxylation is 1. The predicted octanol–water partition coefficient (Wildman–Crippen LogP) is 2.62. The van der Waals surface area contributed by atoms with Crippen LogP contribution < -0.4 is 5.32 Å². The highest BCUT2D eigenvalue weighted by Gasteiger charge is 2.02. The Morgan fingerprint density at radius 3 is 2.55 bits per heavy atom. The van der Waals surface area contributed by atoms with Gasteiger partial charge in [0.2, 0.25) is 5.91 Å². The lowest BCUT2D eigenvalue weighted by atomic mass is 10.2. The largest absolute Gasteiger partial charge is 0.354 e. The Balaban J connectivity index is 1.72. The van der Waals surface area contributed by atoms with Crippen LogP contribution in [0.5, 0.6) is 0 Å². The van der Waals surface area contributed by atoms with Gasteiger partial charge in [0.25, 0.3) is 5.69 Å². The van der Waals surface area contributed by atoms with E-state index in [0.717, 1.165) is 18.5 Å². The Morgan fingerprint density at radius 2 is 1.91 bits per heavy atom. The zero-order valence-electron chi connectivity index (χ0n) is 12.0. The molecule has 1 aromatic heterocycles. The molecule has 6 nitrogen and oxygen atoms in total. The number of amides is 1. The van der Waals surface area contributed by atoms with E-state index in [1.54, 1.807) is 18.2 Å². The summed E-state index contributed by atoms with van der Waals surface area (Å²) >= 11 is 0. The van der Waals surface area contributed by atoms with Gasteiger partial charge in [0.15, 0.2) is 0 Å². The third-order valence-corrected chi connectivity index (χ3v) is 3.09. The van der Waals surface area contributed by atoms with Crippen molar-refractivity contribution in [3.63, 3.8) is 0 Å². The van der Waals surface area contributed by atoms with E-state index in [0.29, 0.717) is 6.54 Å². The number of rotatable bonds is 7. The molecule has 0 spiro atoms. The molecule has 2 rings (SSSR count). The second-order valence-corrected chi connectivity index (χ2v) is 4.75. The van der Waals surface area contributed by atoms with Gasteiger partial charge >= 0.3 is 0 Å². The first-order valence-electron chi connectivity index (χ1n) is 6.96. The van der Waals surface area contributed by atoms with E-state index in [1.165, 1.54) is 18.2 Å². The number of nitrogens with one attached hydrogen (secondary N) is 1. The van der Waals surface area contributed by atoms with Gasteiger partial charge in [-0.25, -0.2) is 0 Å². The highest BCUT2D eigenvalue weighted by molar-refractivity contribution is 5.91. The van der Waals surface area contributed by atoms with Crippen LogP contribution in [-0.2, 0) is 11.3 Å². The van der Waals surface area contributed by atoms with E-state index in [2.05, 4.69) is 9.88 Å². The number of hydrogen-bond donors (Lipinski definition) is 1. The number of nitro groups is 1. The topological polar surface area (TPSA) is 77.2 Å². The Bertz CT molecular complexity index is 646. The predicted molar refractivity (Wildman–Crippen MR) is 84.2 cm³/mol. The summed E-state index contributed by atoms with van der Waals surface area (Å²) in [7, 11) is 0. The number of carbonyl (C=O) groups is 1. The molecule has 1 heterocycles. The summed E-state index contributed by atoms with van der Waals surface area (Å²) in [5.74, 6) is -0.175. The van der Waals surface area contributed by atoms with Crippen molar-refractivity contribution in [3.05, 3.63) is 70.5 Å². The monoisotopic (exact) mass is 299 g/mol. The van der Waals surface area contributed by atoms with Crippen molar-refractivity contribution in [1.29, 1.82) is 0 Å². The molecule has 0 atom stereocenters. The minimum atomic E-state index is -0.453. The molecular weight excluding hydrogens is 282 g/mol. The Hall–Kier alpha value is -2.89. The van der Waals surface area contributed by atoms with Crippen molar-refractivity contribution >= 4 is 17.7 Å². The smallest absolute Gasteiger partial charge is 0.269 e. The summed E-state index contributed by atoms with van der Waals surface area (Å²) in [6.45, 7) is 1.46. The molecule has 22 heavy (non-hydrogen) atoms. The summed E-state index contributed by atoms with van der Waals surface area (Å²) in [4.78, 5) is 21.7. The minimum Gasteiger partial charge on any atom is -0.354 e. The van der Waals surface area contributed by atoms with Crippen LogP contribution in [0.4, 0.5) is 5.69 Å². The molecule has 6 heteroatoms. The maximum absolute atomic E-state index is 11.6. The zero-order valence-corrected chi connectivity index (χ0v) is 12.0. The fraction of sp³-hybridized carbons (Fsp3) is 0.188. The van der Waals surface area contributed by atoms with Crippen LogP contribution >= 0.6 is 0 Å². The summed E-state index contributed by atoms with van der Waals surface area (Å²) in [5, 5.41) is 13.3. The molecule has 114 valence electrons. The SMILES string of the molecule is O=C(/C=C/c1ccc([N+](=O)[O-])cc1)NCCCn1cccc1. The van der Waals surface area contributed by atoms with Crippen LogP contribution in [0.2, 0.25) is 0 Å². The molecule has 2 aromatic rings. The normalized spacial score (nSPS) is 10.7. The molecule has 1 aromatic carbocycles. The van der Waals surface area contributed by atoms with Gasteiger partial charge in [0.05, 0.1) is 4.92 Å². The van der Waals surface area contributed by atoms with Crippen molar-refractivity contribution in [2.45, 2.75) is 13.0 Å². The van der Waals surface area contributed by atoms with Gasteiger partial charge in [-0.05, 0) is 42.3 Å². The van der Waals surface area contributed by atoms with Gasteiger partial charge in [0.1, 0.15) is 0 Å². The number of nitrogens with zero attached hydrogens (tertiary/aromatic N) is 2. The van der Waals surface area contributed by atoms with Gasteiger partial charge < -0.3 is 9.88 Å². The van der Waals surface area contributed by atoms with Crippen molar-refractivity contribution in [2.24, 2.45) is 0 Å². The first kappa shape index (κ1) is 15.5. The summed E-state index contributed by atoms with van der Waals surface area (Å²) in [6.07, 6.45) is 7.88. The molecule has 0 radical (unpaired) electrons. The minimum absolute atomic E-state index is 0.0339. The molecule has 0 saturated heterocycles. The van der Waals surface area contributed by atoms with Gasteiger partial charge in [-0.2, -0.15) is 0 Å². The highest BCUT2D eigenvalue weighted by atomic mass is 16.6. The fourth-order valence-electron chi connectivity index (χ4n) is 1.93. The van der Waals surface area contributed by atoms with Gasteiger partial charge in [-0.1, -0.05) is 0 Å². The summed E-state index contributed by atoms with van der Waals surface area (Å²) in [5.41, 5.74) is 0.778. The van der Waals surface area contributed by atoms with Gasteiger partial charge in [-0.3, -0.25) is 14.9 Å². The first-order valence-corrected chi connectivity index (χ1v) is 6.96. The van der Waals surface area contributed by atoms with Crippen molar-refractivity contribution in [2.75, 3.05) is 6.54 Å². The van der Waals surface area contributed by atoms with Crippen molar-refractivity contribution in [3.8, 4) is 0 Å². The van der Waals surface area contributed by atoms with E-state index < -0.39 is 4.92 Å². The zero-order chi connectivity index (χ0) is 15.8. The quantitative estimate of drug-likeness (QED) is 0.369. The number of non-ortho nitro benzene ring substituents is 1. The average Bonchev–Trinajstić information content (AvgIpc) is 3.03. The van der Waals surface area contributed by atoms with Crippen LogP contribution in [0, 0.1) is 10.1 Å². The molecule has 0 aliphatic rings. The second kappa shape index (κ2) is 7.78. The Morgan fingerprint density at radius 1 is 1.23 bits per heavy atom. The highest BCUT2D eigenvalue weighted by Crippen LogP contribution is 2.12. The standard InChI is InChI=1S/C16H17N3O3/c20-16(17-10-3-13-18-11-1-2-12-18)9-6-14-4-7-15(8-5-14)19(21)22/h1-2,4-9,11-12H,3,10,13H2,(H,17,20)/b9-6+. The maximum atomic E-state index is 11.6. The summed E-state index contributed by atoms with van der Waals surface area (Å²) < 4.78 is 2.05. The number of aromatic nitrogens is 1. The molecule has 0 saturated carbocycles. The van der Waals surface area contributed by atoms with Crippen LogP contribution in [-0.4, -0.2) is 21.9 Å². The van der Waals surface area contributed by atoms with E-state index in [-0.39, 0.29) is 11.6 Å². The molecule has 0 bridgehead atoms. The summed E-state index contributed by atoms with van der Waals surface area (Å²) in [6, 6.07) is 9.96. The lowest BCUT2D eigenvalue weighted by molar-refractivity contribution is -0.384. The number of carbonyl (C=O) groups excluding carboxylic acids is 1. The lowest BCUT2D eigenvalue weighted by Gasteiger charge is -2.03. The number of nitro benzene ring substituents is 1. The van der Waals surface area contributed by atoms with Crippen LogP contribution in [0.1, 0.15) is 12.0 Å². The van der Waals surface area contributed by atoms with Gasteiger partial charge in [-0.15, -0.1) is 0 Å². The van der Waals surface area contributed by atoms with Crippen molar-refractivity contribution in [1.82, 2.24) is 9.88 Å². The molecule has 0 aliphatic heterocycles. The van der Waals surface area contributed by atoms with Crippen LogP contribution in [0.15, 0.2) is 54.9 Å². The van der Waals surface area contributed by atoms with E-state index in [1.807, 2.05) is 24.5 Å². The van der Waals surface area contributed by atoms with E-state index >= 15 is 0 Å². The number of benzene rings is 1. The molecule has 0 unspecified atom stereocenters. The fourth-order valence-corrected chi connectivity index (χ4v) is 1.93. The van der Waals surface area contributed by atoms with E-state index in [4.69, 9.17) is 0 Å². The van der Waals surface area contributed by atoms with E-state index in [9.17, 15) is 14.9 Å². The Labute approximate surface area is 128 Å². The van der Waals surface area contributed by atoms with Gasteiger partial charge in [0, 0.05) is 43.7 Å². The van der Waals surface area contributed by atoms with Crippen LogP contribution in [0.3, 0.4) is 0 Å². The maximum Gasteiger partial charge on any atom is 0.269 e. The van der Waals surface area contributed by atoms with Crippen LogP contribution in [0.25, 0.3) is 6.08 Å². The molecule has 1 N–H and O–H groups in total. The molecule has 0 aliphatic carbocycles. The first-order chi connectivity index (χ1) is 10.6. The third kappa shape index (κ3) is 4.90. The number of hydrogen-bond acceptors (Lipinski definition) is 3. The average molecular weight is 299 g/mol. The lowest BCUT2D eigenvalue weighted by Crippen LogP contribution is -2.22. The van der Waals surface area contributed by atoms with Crippen molar-refractivity contribution < 1.29 is 9.72 Å². The third-order valence-electron chi connectivity index (χ3n) is 3.09. The molecule has 1 amide bonds. The molecular formula is C16H17N3O3. The Kier molecular flexibility index (Phi) is 5.48. The second-order valence-electron chi connectivity index (χ2n) is 4.75.